The molecule has 0 saturated carbocycles. The van der Waals surface area contributed by atoms with E-state index in [1.807, 2.05) is 0 Å². The van der Waals surface area contributed by atoms with Gasteiger partial charge in [0.1, 0.15) is 5.75 Å². The molecule has 122 valence electrons. The highest BCUT2D eigenvalue weighted by atomic mass is 16.5. The van der Waals surface area contributed by atoms with Gasteiger partial charge in [0.05, 0.1) is 7.11 Å². The maximum absolute atomic E-state index is 5.34. The lowest BCUT2D eigenvalue weighted by atomic mass is 10.0. The molecule has 3 rings (SSSR count). The van der Waals surface area contributed by atoms with Crippen molar-refractivity contribution in [3.8, 4) is 5.75 Å². The molecule has 0 spiro atoms. The van der Waals surface area contributed by atoms with Crippen LogP contribution < -0.4 is 4.74 Å². The van der Waals surface area contributed by atoms with Gasteiger partial charge in [-0.1, -0.05) is 35.9 Å². The zero-order valence-corrected chi connectivity index (χ0v) is 14.5. The fourth-order valence-electron chi connectivity index (χ4n) is 3.65. The van der Waals surface area contributed by atoms with Gasteiger partial charge in [-0.15, -0.1) is 0 Å². The largest absolute Gasteiger partial charge is 0.497 e. The average molecular weight is 309 g/mol. The molecule has 1 atom stereocenters. The second-order valence-electron chi connectivity index (χ2n) is 6.80. The molecule has 0 heterocycles. The molecule has 0 radical (unpaired) electrons. The zero-order chi connectivity index (χ0) is 16.2. The van der Waals surface area contributed by atoms with Gasteiger partial charge in [-0.2, -0.15) is 0 Å². The van der Waals surface area contributed by atoms with E-state index in [9.17, 15) is 0 Å². The standard InChI is InChI=1S/C21H27NO/c1-16-5-4-6-17(13-16)11-12-22(2)15-19-8-7-18-14-20(23-3)9-10-21(18)19/h4-6,9-10,13-14,19H,7-8,11-12,15H2,1-3H3. The number of benzene rings is 2. The van der Waals surface area contributed by atoms with E-state index in [1.54, 1.807) is 7.11 Å². The van der Waals surface area contributed by atoms with Gasteiger partial charge in [0.2, 0.25) is 0 Å². The molecule has 1 aliphatic rings. The summed E-state index contributed by atoms with van der Waals surface area (Å²) in [5.41, 5.74) is 5.78. The van der Waals surface area contributed by atoms with E-state index in [1.165, 1.54) is 35.1 Å². The molecule has 23 heavy (non-hydrogen) atoms. The third-order valence-corrected chi connectivity index (χ3v) is 4.95. The predicted molar refractivity (Wildman–Crippen MR) is 96.4 cm³/mol. The highest BCUT2D eigenvalue weighted by Gasteiger charge is 2.23. The van der Waals surface area contributed by atoms with Gasteiger partial charge in [-0.05, 0) is 68.0 Å². The normalized spacial score (nSPS) is 16.6. The Morgan fingerprint density at radius 1 is 1.17 bits per heavy atom. The van der Waals surface area contributed by atoms with Crippen molar-refractivity contribution in [3.63, 3.8) is 0 Å². The topological polar surface area (TPSA) is 12.5 Å². The molecule has 0 bridgehead atoms. The van der Waals surface area contributed by atoms with Crippen LogP contribution in [-0.4, -0.2) is 32.1 Å². The first-order chi connectivity index (χ1) is 11.2. The fraction of sp³-hybridized carbons (Fsp3) is 0.429. The molecule has 0 amide bonds. The number of rotatable bonds is 6. The second kappa shape index (κ2) is 7.18. The number of ether oxygens (including phenoxy) is 1. The van der Waals surface area contributed by atoms with E-state index in [-0.39, 0.29) is 0 Å². The fourth-order valence-corrected chi connectivity index (χ4v) is 3.65. The van der Waals surface area contributed by atoms with E-state index >= 15 is 0 Å². The maximum Gasteiger partial charge on any atom is 0.119 e. The predicted octanol–water partition coefficient (Wildman–Crippen LogP) is 4.21. The second-order valence-corrected chi connectivity index (χ2v) is 6.80. The number of aryl methyl sites for hydroxylation is 2. The molecule has 2 aromatic carbocycles. The summed E-state index contributed by atoms with van der Waals surface area (Å²) in [7, 11) is 3.99. The van der Waals surface area contributed by atoms with Crippen LogP contribution in [0.25, 0.3) is 0 Å². The Kier molecular flexibility index (Phi) is 5.02. The van der Waals surface area contributed by atoms with Gasteiger partial charge in [0.25, 0.3) is 0 Å². The van der Waals surface area contributed by atoms with Crippen LogP contribution in [0.4, 0.5) is 0 Å². The monoisotopic (exact) mass is 309 g/mol. The van der Waals surface area contributed by atoms with Crippen molar-refractivity contribution in [2.45, 2.75) is 32.1 Å². The number of likely N-dealkylation sites (N-methyl/N-ethyl adjacent to an activating group) is 1. The molecule has 2 aromatic rings. The SMILES string of the molecule is COc1ccc2c(c1)CCC2CN(C)CCc1cccc(C)c1. The molecule has 0 N–H and O–H groups in total. The van der Waals surface area contributed by atoms with Gasteiger partial charge in [-0.3, -0.25) is 0 Å². The molecule has 1 unspecified atom stereocenters. The minimum Gasteiger partial charge on any atom is -0.497 e. The lowest BCUT2D eigenvalue weighted by Gasteiger charge is -2.22. The molecule has 1 aliphatic carbocycles. The van der Waals surface area contributed by atoms with Gasteiger partial charge in [-0.25, -0.2) is 0 Å². The first-order valence-corrected chi connectivity index (χ1v) is 8.56. The third-order valence-electron chi connectivity index (χ3n) is 4.95. The molecular formula is C21H27NO. The Hall–Kier alpha value is -1.80. The van der Waals surface area contributed by atoms with Gasteiger partial charge in [0.15, 0.2) is 0 Å². The van der Waals surface area contributed by atoms with E-state index in [0.29, 0.717) is 5.92 Å². The Bertz CT molecular complexity index is 665. The van der Waals surface area contributed by atoms with Crippen LogP contribution in [0.2, 0.25) is 0 Å². The van der Waals surface area contributed by atoms with Crippen molar-refractivity contribution in [2.75, 3.05) is 27.2 Å². The van der Waals surface area contributed by atoms with E-state index in [0.717, 1.165) is 25.3 Å². The zero-order valence-electron chi connectivity index (χ0n) is 14.5. The third kappa shape index (κ3) is 3.94. The highest BCUT2D eigenvalue weighted by molar-refractivity contribution is 5.41. The van der Waals surface area contributed by atoms with Gasteiger partial charge < -0.3 is 9.64 Å². The van der Waals surface area contributed by atoms with Crippen molar-refractivity contribution >= 4 is 0 Å². The molecule has 2 nitrogen and oxygen atoms in total. The van der Waals surface area contributed by atoms with Crippen molar-refractivity contribution in [2.24, 2.45) is 0 Å². The first kappa shape index (κ1) is 16.1. The van der Waals surface area contributed by atoms with Crippen molar-refractivity contribution in [1.29, 1.82) is 0 Å². The molecule has 0 fully saturated rings. The molecule has 2 heteroatoms. The molecule has 0 saturated heterocycles. The molecular weight excluding hydrogens is 282 g/mol. The lowest BCUT2D eigenvalue weighted by molar-refractivity contribution is 0.313. The summed E-state index contributed by atoms with van der Waals surface area (Å²) < 4.78 is 5.34. The quantitative estimate of drug-likeness (QED) is 0.792. The summed E-state index contributed by atoms with van der Waals surface area (Å²) in [6, 6.07) is 15.4. The smallest absolute Gasteiger partial charge is 0.119 e. The number of methoxy groups -OCH3 is 1. The van der Waals surface area contributed by atoms with Crippen LogP contribution in [0.1, 0.15) is 34.6 Å². The van der Waals surface area contributed by atoms with Crippen molar-refractivity contribution < 1.29 is 4.74 Å². The van der Waals surface area contributed by atoms with Crippen LogP contribution >= 0.6 is 0 Å². The highest BCUT2D eigenvalue weighted by Crippen LogP contribution is 2.35. The van der Waals surface area contributed by atoms with E-state index in [2.05, 4.69) is 61.3 Å². The Balaban J connectivity index is 1.56. The lowest BCUT2D eigenvalue weighted by Crippen LogP contribution is -2.26. The molecule has 0 aliphatic heterocycles. The van der Waals surface area contributed by atoms with Gasteiger partial charge >= 0.3 is 0 Å². The molecule has 0 aromatic heterocycles. The van der Waals surface area contributed by atoms with Gasteiger partial charge in [0, 0.05) is 13.1 Å². The van der Waals surface area contributed by atoms with Crippen LogP contribution in [0.5, 0.6) is 5.75 Å². The Labute approximate surface area is 140 Å². The summed E-state index contributed by atoms with van der Waals surface area (Å²) in [6.45, 7) is 4.42. The first-order valence-electron chi connectivity index (χ1n) is 8.56. The number of hydrogen-bond donors (Lipinski definition) is 0. The van der Waals surface area contributed by atoms with E-state index in [4.69, 9.17) is 4.74 Å². The number of hydrogen-bond acceptors (Lipinski definition) is 2. The Morgan fingerprint density at radius 3 is 2.83 bits per heavy atom. The summed E-state index contributed by atoms with van der Waals surface area (Å²) in [5.74, 6) is 1.65. The summed E-state index contributed by atoms with van der Waals surface area (Å²) >= 11 is 0. The summed E-state index contributed by atoms with van der Waals surface area (Å²) in [6.07, 6.45) is 3.57. The summed E-state index contributed by atoms with van der Waals surface area (Å²) in [4.78, 5) is 2.48. The van der Waals surface area contributed by atoms with E-state index < -0.39 is 0 Å². The summed E-state index contributed by atoms with van der Waals surface area (Å²) in [5, 5.41) is 0. The minimum atomic E-state index is 0.665. The average Bonchev–Trinajstić information content (AvgIpc) is 2.95. The van der Waals surface area contributed by atoms with Crippen LogP contribution in [0, 0.1) is 6.92 Å². The number of nitrogens with zero attached hydrogens (tertiary/aromatic N) is 1. The number of fused-ring (bicyclic) bond motifs is 1. The van der Waals surface area contributed by atoms with Crippen molar-refractivity contribution in [1.82, 2.24) is 4.90 Å². The minimum absolute atomic E-state index is 0.665. The Morgan fingerprint density at radius 2 is 2.04 bits per heavy atom. The maximum atomic E-state index is 5.34. The van der Waals surface area contributed by atoms with Crippen LogP contribution in [0.15, 0.2) is 42.5 Å². The van der Waals surface area contributed by atoms with Crippen molar-refractivity contribution in [3.05, 3.63) is 64.7 Å². The van der Waals surface area contributed by atoms with Crippen LogP contribution in [0.3, 0.4) is 0 Å². The van der Waals surface area contributed by atoms with Crippen LogP contribution in [-0.2, 0) is 12.8 Å².